The van der Waals surface area contributed by atoms with Crippen molar-refractivity contribution in [2.45, 2.75) is 15.7 Å². The van der Waals surface area contributed by atoms with Crippen LogP contribution in [-0.2, 0) is 24.9 Å². The number of benzene rings is 3. The highest BCUT2D eigenvalue weighted by molar-refractivity contribution is 8.03. The Hall–Kier alpha value is -2.29. The summed E-state index contributed by atoms with van der Waals surface area (Å²) < 4.78 is 67.8. The van der Waals surface area contributed by atoms with Gasteiger partial charge < -0.3 is 0 Å². The summed E-state index contributed by atoms with van der Waals surface area (Å²) in [5.41, 5.74) is -4.21. The first kappa shape index (κ1) is 20.4. The van der Waals surface area contributed by atoms with Crippen molar-refractivity contribution in [2.24, 2.45) is 0 Å². The van der Waals surface area contributed by atoms with Crippen LogP contribution in [0.3, 0.4) is 0 Å². The van der Waals surface area contributed by atoms with E-state index in [1.807, 2.05) is 0 Å². The topological polar surface area (TPSA) is 43.4 Å². The lowest BCUT2D eigenvalue weighted by atomic mass is 10.0. The zero-order chi connectivity index (χ0) is 20.2. The Morgan fingerprint density at radius 1 is 0.714 bits per heavy atom. The van der Waals surface area contributed by atoms with E-state index in [4.69, 9.17) is 3.63 Å². The molecule has 0 bridgehead atoms. The fourth-order valence-electron chi connectivity index (χ4n) is 2.60. The van der Waals surface area contributed by atoms with E-state index >= 15 is 0 Å². The molecule has 0 heterocycles. The van der Waals surface area contributed by atoms with Crippen LogP contribution in [0.1, 0.15) is 16.4 Å². The summed E-state index contributed by atoms with van der Waals surface area (Å²) in [5, 5.41) is -0.734. The van der Waals surface area contributed by atoms with Crippen molar-refractivity contribution >= 4 is 21.3 Å². The van der Waals surface area contributed by atoms with E-state index in [0.29, 0.717) is 16.0 Å². The molecule has 3 rings (SSSR count). The van der Waals surface area contributed by atoms with Gasteiger partial charge in [0, 0.05) is 11.1 Å². The van der Waals surface area contributed by atoms with Crippen molar-refractivity contribution in [2.75, 3.05) is 0 Å². The lowest BCUT2D eigenvalue weighted by Crippen LogP contribution is -2.31. The van der Waals surface area contributed by atoms with Crippen LogP contribution in [0.2, 0.25) is 0 Å². The van der Waals surface area contributed by atoms with Crippen molar-refractivity contribution in [3.05, 3.63) is 102 Å². The van der Waals surface area contributed by atoms with E-state index in [9.17, 15) is 21.6 Å². The van der Waals surface area contributed by atoms with E-state index in [-0.39, 0.29) is 0 Å². The van der Waals surface area contributed by atoms with Gasteiger partial charge in [0.25, 0.3) is 0 Å². The standard InChI is InChI=1S/C20H16F3O3S2/c21-20(22,23)28(24,25)26-27(18-14-8-3-9-15-18)19(16-10-4-1-5-11-16)17-12-6-2-7-13-17/h1-15,19H/q+1. The minimum absolute atomic E-state index is 0.355. The molecule has 0 aliphatic carbocycles. The zero-order valence-corrected chi connectivity index (χ0v) is 16.0. The van der Waals surface area contributed by atoms with Gasteiger partial charge in [0.05, 0.1) is 0 Å². The maximum atomic E-state index is 13.1. The van der Waals surface area contributed by atoms with Crippen molar-refractivity contribution in [3.8, 4) is 0 Å². The molecule has 146 valence electrons. The third-order valence-electron chi connectivity index (χ3n) is 3.84. The highest BCUT2D eigenvalue weighted by Gasteiger charge is 2.55. The van der Waals surface area contributed by atoms with Gasteiger partial charge in [-0.2, -0.15) is 21.6 Å². The molecular weight excluding hydrogens is 409 g/mol. The van der Waals surface area contributed by atoms with Crippen LogP contribution in [0.5, 0.6) is 0 Å². The molecule has 8 heteroatoms. The summed E-state index contributed by atoms with van der Waals surface area (Å²) >= 11 is -1.75. The molecule has 0 N–H and O–H groups in total. The lowest BCUT2D eigenvalue weighted by molar-refractivity contribution is -0.0495. The van der Waals surface area contributed by atoms with Crippen molar-refractivity contribution in [1.29, 1.82) is 0 Å². The molecule has 0 saturated heterocycles. The van der Waals surface area contributed by atoms with Gasteiger partial charge in [-0.25, -0.2) is 0 Å². The molecular formula is C20H16F3O3S2+. The van der Waals surface area contributed by atoms with Crippen LogP contribution in [0.25, 0.3) is 0 Å². The minimum atomic E-state index is -5.79. The molecule has 0 aromatic heterocycles. The normalized spacial score (nSPS) is 13.4. The van der Waals surface area contributed by atoms with Gasteiger partial charge in [-0.15, -0.1) is 0 Å². The van der Waals surface area contributed by atoms with Crippen LogP contribution in [0.15, 0.2) is 95.9 Å². The van der Waals surface area contributed by atoms with E-state index in [1.54, 1.807) is 91.0 Å². The predicted molar refractivity (Wildman–Crippen MR) is 103 cm³/mol. The first-order valence-corrected chi connectivity index (χ1v) is 10.8. The van der Waals surface area contributed by atoms with Gasteiger partial charge in [-0.1, -0.05) is 78.9 Å². The van der Waals surface area contributed by atoms with E-state index in [1.165, 1.54) is 0 Å². The summed E-state index contributed by atoms with van der Waals surface area (Å²) in [5.74, 6) is 0. The average molecular weight is 425 g/mol. The molecule has 3 nitrogen and oxygen atoms in total. The van der Waals surface area contributed by atoms with Crippen LogP contribution < -0.4 is 0 Å². The maximum absolute atomic E-state index is 13.1. The van der Waals surface area contributed by atoms with E-state index in [0.717, 1.165) is 0 Å². The summed E-state index contributed by atoms with van der Waals surface area (Å²) in [4.78, 5) is 0.355. The number of alkyl halides is 3. The summed E-state index contributed by atoms with van der Waals surface area (Å²) in [6.45, 7) is 0. The van der Waals surface area contributed by atoms with E-state index in [2.05, 4.69) is 0 Å². The molecule has 1 atom stereocenters. The number of hydrogen-bond donors (Lipinski definition) is 0. The fraction of sp³-hybridized carbons (Fsp3) is 0.100. The summed E-state index contributed by atoms with van der Waals surface area (Å²) in [6.07, 6.45) is 0. The van der Waals surface area contributed by atoms with Gasteiger partial charge in [-0.05, 0) is 15.8 Å². The molecule has 0 aliphatic heterocycles. The molecule has 0 spiro atoms. The van der Waals surface area contributed by atoms with E-state index < -0.39 is 32.1 Å². The summed E-state index contributed by atoms with van der Waals surface area (Å²) in [7, 11) is -5.79. The van der Waals surface area contributed by atoms with Crippen LogP contribution in [0.4, 0.5) is 13.2 Å². The van der Waals surface area contributed by atoms with Gasteiger partial charge in [-0.3, -0.25) is 0 Å². The second-order valence-corrected chi connectivity index (χ2v) is 9.23. The van der Waals surface area contributed by atoms with Crippen LogP contribution in [-0.4, -0.2) is 13.9 Å². The van der Waals surface area contributed by atoms with Gasteiger partial charge in [0.15, 0.2) is 4.90 Å². The Morgan fingerprint density at radius 2 is 1.11 bits per heavy atom. The fourth-order valence-corrected chi connectivity index (χ4v) is 5.82. The lowest BCUT2D eigenvalue weighted by Gasteiger charge is -2.18. The minimum Gasteiger partial charge on any atom is -0.185 e. The Bertz CT molecular complexity index is 954. The molecule has 28 heavy (non-hydrogen) atoms. The van der Waals surface area contributed by atoms with Gasteiger partial charge in [0.2, 0.25) is 16.4 Å². The Kier molecular flexibility index (Phi) is 6.12. The predicted octanol–water partition coefficient (Wildman–Crippen LogP) is 5.23. The average Bonchev–Trinajstić information content (AvgIpc) is 2.69. The first-order chi connectivity index (χ1) is 13.3. The summed E-state index contributed by atoms with van der Waals surface area (Å²) in [6, 6.07) is 25.6. The number of hydrogen-bond acceptors (Lipinski definition) is 3. The van der Waals surface area contributed by atoms with Crippen LogP contribution >= 0.6 is 0 Å². The molecule has 3 aromatic rings. The molecule has 0 radical (unpaired) electrons. The largest absolute Gasteiger partial charge is 0.527 e. The first-order valence-electron chi connectivity index (χ1n) is 8.19. The third kappa shape index (κ3) is 4.57. The number of halogens is 3. The molecule has 0 fully saturated rings. The van der Waals surface area contributed by atoms with Crippen LogP contribution in [0, 0.1) is 0 Å². The molecule has 0 amide bonds. The SMILES string of the molecule is O=S(=O)(O[S+](c1ccccc1)C(c1ccccc1)c1ccccc1)C(F)(F)F. The number of rotatable bonds is 6. The monoisotopic (exact) mass is 425 g/mol. The molecule has 0 aliphatic rings. The second kappa shape index (κ2) is 8.38. The van der Waals surface area contributed by atoms with Crippen molar-refractivity contribution in [3.63, 3.8) is 0 Å². The smallest absolute Gasteiger partial charge is 0.185 e. The van der Waals surface area contributed by atoms with Gasteiger partial charge >= 0.3 is 15.6 Å². The molecule has 0 saturated carbocycles. The van der Waals surface area contributed by atoms with Crippen molar-refractivity contribution < 1.29 is 25.2 Å². The van der Waals surface area contributed by atoms with Crippen molar-refractivity contribution in [1.82, 2.24) is 0 Å². The Balaban J connectivity index is 2.18. The maximum Gasteiger partial charge on any atom is 0.527 e. The Morgan fingerprint density at radius 3 is 1.50 bits per heavy atom. The second-order valence-electron chi connectivity index (χ2n) is 5.78. The zero-order valence-electron chi connectivity index (χ0n) is 14.4. The third-order valence-corrected chi connectivity index (χ3v) is 7.42. The highest BCUT2D eigenvalue weighted by Crippen LogP contribution is 2.40. The Labute approximate surface area is 164 Å². The highest BCUT2D eigenvalue weighted by atomic mass is 32.3. The molecule has 3 aromatic carbocycles. The molecule has 1 unspecified atom stereocenters. The van der Waals surface area contributed by atoms with Gasteiger partial charge in [0.1, 0.15) is 0 Å². The quantitative estimate of drug-likeness (QED) is 0.401.